The Balaban J connectivity index is 1.57. The second kappa shape index (κ2) is 7.60. The topological polar surface area (TPSA) is 58.2 Å². The minimum atomic E-state index is -0.0313. The number of H-pyrrole nitrogens is 1. The minimum absolute atomic E-state index is 0.0313. The van der Waals surface area contributed by atoms with Gasteiger partial charge in [0, 0.05) is 31.6 Å². The van der Waals surface area contributed by atoms with E-state index in [0.717, 1.165) is 47.6 Å². The number of rotatable bonds is 4. The van der Waals surface area contributed by atoms with E-state index >= 15 is 0 Å². The third-order valence-corrected chi connectivity index (χ3v) is 5.44. The Morgan fingerprint density at radius 3 is 2.68 bits per heavy atom. The largest absolute Gasteiger partial charge is 0.496 e. The predicted octanol–water partition coefficient (Wildman–Crippen LogP) is 3.62. The van der Waals surface area contributed by atoms with Gasteiger partial charge in [0.2, 0.25) is 0 Å². The second-order valence-electron chi connectivity index (χ2n) is 7.41. The number of nitrogens with one attached hydrogen (secondary N) is 1. The van der Waals surface area contributed by atoms with E-state index in [9.17, 15) is 4.79 Å². The lowest BCUT2D eigenvalue weighted by molar-refractivity contribution is 0.241. The summed E-state index contributed by atoms with van der Waals surface area (Å²) in [6.45, 7) is 6.50. The van der Waals surface area contributed by atoms with Crippen molar-refractivity contribution in [1.82, 2.24) is 14.9 Å². The van der Waals surface area contributed by atoms with Crippen LogP contribution in [0.1, 0.15) is 27.9 Å². The van der Waals surface area contributed by atoms with Crippen LogP contribution in [0.25, 0.3) is 11.4 Å². The van der Waals surface area contributed by atoms with Crippen LogP contribution in [0.15, 0.2) is 47.3 Å². The summed E-state index contributed by atoms with van der Waals surface area (Å²) in [5.74, 6) is 1.57. The number of methoxy groups -OCH3 is 1. The molecule has 1 aromatic heterocycles. The Morgan fingerprint density at radius 2 is 1.93 bits per heavy atom. The molecule has 28 heavy (non-hydrogen) atoms. The van der Waals surface area contributed by atoms with Gasteiger partial charge in [0.1, 0.15) is 11.6 Å². The molecule has 1 aliphatic heterocycles. The van der Waals surface area contributed by atoms with Crippen molar-refractivity contribution < 1.29 is 4.74 Å². The summed E-state index contributed by atoms with van der Waals surface area (Å²) >= 11 is 0. The Kier molecular flexibility index (Phi) is 5.01. The van der Waals surface area contributed by atoms with Gasteiger partial charge in [-0.25, -0.2) is 4.98 Å². The number of aromatic amines is 1. The van der Waals surface area contributed by atoms with Gasteiger partial charge in [-0.1, -0.05) is 36.4 Å². The van der Waals surface area contributed by atoms with E-state index in [0.29, 0.717) is 12.4 Å². The van der Waals surface area contributed by atoms with Crippen LogP contribution in [0, 0.1) is 13.8 Å². The Labute approximate surface area is 165 Å². The molecule has 0 saturated carbocycles. The standard InChI is InChI=1S/C23H25N3O2/c1-15-12-21(28-3)16(2)11-18(15)13-26-10-9-20-19(14-26)23(27)25-22(24-20)17-7-5-4-6-8-17/h4-8,11-12H,9-10,13-14H2,1-3H3,(H,24,25,27). The van der Waals surface area contributed by atoms with Crippen LogP contribution in [-0.2, 0) is 19.5 Å². The van der Waals surface area contributed by atoms with Gasteiger partial charge in [-0.05, 0) is 36.6 Å². The van der Waals surface area contributed by atoms with Crippen molar-refractivity contribution in [3.05, 3.63) is 80.8 Å². The molecule has 0 radical (unpaired) electrons. The molecular formula is C23H25N3O2. The lowest BCUT2D eigenvalue weighted by atomic mass is 10.0. The van der Waals surface area contributed by atoms with E-state index in [1.807, 2.05) is 30.3 Å². The molecule has 1 aliphatic rings. The molecule has 5 heteroatoms. The zero-order valence-electron chi connectivity index (χ0n) is 16.6. The molecule has 0 amide bonds. The molecule has 0 spiro atoms. The van der Waals surface area contributed by atoms with Crippen molar-refractivity contribution in [1.29, 1.82) is 0 Å². The number of fused-ring (bicyclic) bond motifs is 1. The van der Waals surface area contributed by atoms with Crippen LogP contribution in [0.5, 0.6) is 5.75 Å². The van der Waals surface area contributed by atoms with Crippen molar-refractivity contribution in [3.8, 4) is 17.1 Å². The maximum atomic E-state index is 12.7. The van der Waals surface area contributed by atoms with E-state index in [4.69, 9.17) is 9.72 Å². The summed E-state index contributed by atoms with van der Waals surface area (Å²) in [7, 11) is 1.70. The van der Waals surface area contributed by atoms with Crippen LogP contribution < -0.4 is 10.3 Å². The molecular weight excluding hydrogens is 350 g/mol. The number of aryl methyl sites for hydroxylation is 2. The maximum Gasteiger partial charge on any atom is 0.255 e. The fourth-order valence-electron chi connectivity index (χ4n) is 3.83. The first-order valence-corrected chi connectivity index (χ1v) is 9.59. The van der Waals surface area contributed by atoms with Gasteiger partial charge in [-0.3, -0.25) is 9.69 Å². The molecule has 1 N–H and O–H groups in total. The molecule has 3 aromatic rings. The van der Waals surface area contributed by atoms with Gasteiger partial charge >= 0.3 is 0 Å². The SMILES string of the molecule is COc1cc(C)c(CN2CCc3nc(-c4ccccc4)[nH]c(=O)c3C2)cc1C. The molecule has 0 atom stereocenters. The predicted molar refractivity (Wildman–Crippen MR) is 111 cm³/mol. The highest BCUT2D eigenvalue weighted by atomic mass is 16.5. The molecule has 144 valence electrons. The summed E-state index contributed by atoms with van der Waals surface area (Å²) in [4.78, 5) is 22.7. The number of ether oxygens (including phenoxy) is 1. The average Bonchev–Trinajstić information content (AvgIpc) is 2.71. The second-order valence-corrected chi connectivity index (χ2v) is 7.41. The summed E-state index contributed by atoms with van der Waals surface area (Å²) in [5, 5.41) is 0. The molecule has 5 nitrogen and oxygen atoms in total. The highest BCUT2D eigenvalue weighted by Crippen LogP contribution is 2.25. The molecule has 0 unspecified atom stereocenters. The minimum Gasteiger partial charge on any atom is -0.496 e. The molecule has 4 rings (SSSR count). The van der Waals surface area contributed by atoms with Crippen LogP contribution in [0.4, 0.5) is 0 Å². The van der Waals surface area contributed by atoms with Gasteiger partial charge in [0.05, 0.1) is 18.4 Å². The van der Waals surface area contributed by atoms with E-state index in [-0.39, 0.29) is 5.56 Å². The van der Waals surface area contributed by atoms with Gasteiger partial charge in [-0.2, -0.15) is 0 Å². The van der Waals surface area contributed by atoms with Crippen molar-refractivity contribution in [2.75, 3.05) is 13.7 Å². The highest BCUT2D eigenvalue weighted by Gasteiger charge is 2.22. The first-order valence-electron chi connectivity index (χ1n) is 9.59. The zero-order chi connectivity index (χ0) is 19.7. The smallest absolute Gasteiger partial charge is 0.255 e. The molecule has 2 heterocycles. The number of aromatic nitrogens is 2. The van der Waals surface area contributed by atoms with Crippen LogP contribution in [0.3, 0.4) is 0 Å². The monoisotopic (exact) mass is 375 g/mol. The first kappa shape index (κ1) is 18.4. The van der Waals surface area contributed by atoms with Crippen molar-refractivity contribution in [2.24, 2.45) is 0 Å². The van der Waals surface area contributed by atoms with E-state index < -0.39 is 0 Å². The average molecular weight is 375 g/mol. The quantitative estimate of drug-likeness (QED) is 0.757. The van der Waals surface area contributed by atoms with Crippen LogP contribution in [-0.4, -0.2) is 28.5 Å². The van der Waals surface area contributed by atoms with Crippen molar-refractivity contribution in [3.63, 3.8) is 0 Å². The van der Waals surface area contributed by atoms with Gasteiger partial charge in [0.15, 0.2) is 0 Å². The molecule has 0 saturated heterocycles. The fraction of sp³-hybridized carbons (Fsp3) is 0.304. The molecule has 2 aromatic carbocycles. The van der Waals surface area contributed by atoms with E-state index in [2.05, 4.69) is 35.9 Å². The molecule has 0 fully saturated rings. The number of benzene rings is 2. The normalized spacial score (nSPS) is 14.0. The van der Waals surface area contributed by atoms with E-state index in [1.165, 1.54) is 11.1 Å². The summed E-state index contributed by atoms with van der Waals surface area (Å²) in [6.07, 6.45) is 0.785. The summed E-state index contributed by atoms with van der Waals surface area (Å²) in [5.41, 5.74) is 6.22. The maximum absolute atomic E-state index is 12.7. The molecule has 0 aliphatic carbocycles. The number of nitrogens with zero attached hydrogens (tertiary/aromatic N) is 2. The van der Waals surface area contributed by atoms with Gasteiger partial charge in [0.25, 0.3) is 5.56 Å². The molecule has 0 bridgehead atoms. The Bertz CT molecular complexity index is 1060. The van der Waals surface area contributed by atoms with Crippen molar-refractivity contribution in [2.45, 2.75) is 33.4 Å². The zero-order valence-corrected chi connectivity index (χ0v) is 16.6. The highest BCUT2D eigenvalue weighted by molar-refractivity contribution is 5.54. The lowest BCUT2D eigenvalue weighted by Gasteiger charge is -2.28. The van der Waals surface area contributed by atoms with Gasteiger partial charge in [-0.15, -0.1) is 0 Å². The van der Waals surface area contributed by atoms with E-state index in [1.54, 1.807) is 7.11 Å². The number of hydrogen-bond donors (Lipinski definition) is 1. The van der Waals surface area contributed by atoms with Crippen molar-refractivity contribution >= 4 is 0 Å². The Morgan fingerprint density at radius 1 is 1.14 bits per heavy atom. The van der Waals surface area contributed by atoms with Crippen LogP contribution >= 0.6 is 0 Å². The third-order valence-electron chi connectivity index (χ3n) is 5.44. The van der Waals surface area contributed by atoms with Gasteiger partial charge < -0.3 is 9.72 Å². The Hall–Kier alpha value is -2.92. The summed E-state index contributed by atoms with van der Waals surface area (Å²) in [6, 6.07) is 14.1. The fourth-order valence-corrected chi connectivity index (χ4v) is 3.83. The summed E-state index contributed by atoms with van der Waals surface area (Å²) < 4.78 is 5.41. The first-order chi connectivity index (χ1) is 13.5. The lowest BCUT2D eigenvalue weighted by Crippen LogP contribution is -2.35. The number of hydrogen-bond acceptors (Lipinski definition) is 4. The van der Waals surface area contributed by atoms with Crippen LogP contribution in [0.2, 0.25) is 0 Å². The third kappa shape index (κ3) is 3.58.